The molecular formula is C14H19N3OS. The quantitative estimate of drug-likeness (QED) is 0.825. The van der Waals surface area contributed by atoms with Gasteiger partial charge >= 0.3 is 0 Å². The fourth-order valence-electron chi connectivity index (χ4n) is 1.98. The van der Waals surface area contributed by atoms with Gasteiger partial charge in [-0.15, -0.1) is 11.3 Å². The number of hydrogen-bond acceptors (Lipinski definition) is 3. The van der Waals surface area contributed by atoms with E-state index in [-0.39, 0.29) is 5.91 Å². The number of carbonyl (C=O) groups is 1. The van der Waals surface area contributed by atoms with E-state index in [1.54, 1.807) is 16.0 Å². The van der Waals surface area contributed by atoms with Gasteiger partial charge in [0, 0.05) is 18.0 Å². The molecule has 2 heterocycles. The highest BCUT2D eigenvalue weighted by atomic mass is 32.1. The first-order chi connectivity index (χ1) is 9.20. The van der Waals surface area contributed by atoms with Crippen molar-refractivity contribution in [3.05, 3.63) is 39.8 Å². The van der Waals surface area contributed by atoms with Crippen molar-refractivity contribution in [2.24, 2.45) is 0 Å². The van der Waals surface area contributed by atoms with E-state index in [0.717, 1.165) is 18.5 Å². The first-order valence-electron chi connectivity index (χ1n) is 6.55. The van der Waals surface area contributed by atoms with Crippen LogP contribution in [0.1, 0.15) is 34.4 Å². The van der Waals surface area contributed by atoms with E-state index in [0.29, 0.717) is 18.8 Å². The van der Waals surface area contributed by atoms with E-state index in [9.17, 15) is 4.79 Å². The Morgan fingerprint density at radius 3 is 3.05 bits per heavy atom. The molecule has 4 nitrogen and oxygen atoms in total. The zero-order valence-corrected chi connectivity index (χ0v) is 12.2. The third kappa shape index (κ3) is 3.67. The summed E-state index contributed by atoms with van der Waals surface area (Å²) in [5.74, 6) is -0.0337. The zero-order chi connectivity index (χ0) is 13.7. The van der Waals surface area contributed by atoms with Gasteiger partial charge in [-0.1, -0.05) is 6.07 Å². The summed E-state index contributed by atoms with van der Waals surface area (Å²) in [7, 11) is 0. The molecule has 19 heavy (non-hydrogen) atoms. The van der Waals surface area contributed by atoms with Crippen molar-refractivity contribution in [1.82, 2.24) is 15.1 Å². The number of hydrogen-bond donors (Lipinski definition) is 1. The molecule has 1 N–H and O–H groups in total. The summed E-state index contributed by atoms with van der Waals surface area (Å²) in [6, 6.07) is 6.02. The lowest BCUT2D eigenvalue weighted by Crippen LogP contribution is -2.27. The molecule has 0 unspecified atom stereocenters. The maximum atomic E-state index is 12.0. The summed E-state index contributed by atoms with van der Waals surface area (Å²) in [6.45, 7) is 5.30. The first kappa shape index (κ1) is 13.8. The van der Waals surface area contributed by atoms with Crippen molar-refractivity contribution in [3.8, 4) is 0 Å². The third-order valence-electron chi connectivity index (χ3n) is 2.90. The van der Waals surface area contributed by atoms with Gasteiger partial charge in [-0.25, -0.2) is 0 Å². The van der Waals surface area contributed by atoms with Crippen LogP contribution in [0.5, 0.6) is 0 Å². The van der Waals surface area contributed by atoms with Gasteiger partial charge in [-0.05, 0) is 44.2 Å². The van der Waals surface area contributed by atoms with Gasteiger partial charge in [0.2, 0.25) is 0 Å². The SMILES string of the molecule is CCn1nc(C)cc1C(=O)NCCCc1cccs1. The Hall–Kier alpha value is -1.62. The lowest BCUT2D eigenvalue weighted by molar-refractivity contribution is 0.0942. The average molecular weight is 277 g/mol. The van der Waals surface area contributed by atoms with Crippen LogP contribution in [0.3, 0.4) is 0 Å². The molecule has 0 radical (unpaired) electrons. The second-order valence-corrected chi connectivity index (χ2v) is 5.46. The van der Waals surface area contributed by atoms with E-state index < -0.39 is 0 Å². The van der Waals surface area contributed by atoms with Crippen molar-refractivity contribution in [2.75, 3.05) is 6.54 Å². The molecule has 0 spiro atoms. The largest absolute Gasteiger partial charge is 0.351 e. The van der Waals surface area contributed by atoms with Crippen molar-refractivity contribution in [3.63, 3.8) is 0 Å². The average Bonchev–Trinajstić information content (AvgIpc) is 3.03. The van der Waals surface area contributed by atoms with Crippen LogP contribution in [-0.2, 0) is 13.0 Å². The molecule has 1 amide bonds. The number of nitrogens with one attached hydrogen (secondary N) is 1. The molecule has 0 fully saturated rings. The molecule has 0 saturated carbocycles. The molecular weight excluding hydrogens is 258 g/mol. The number of carbonyl (C=O) groups excluding carboxylic acids is 1. The van der Waals surface area contributed by atoms with Crippen LogP contribution in [0.4, 0.5) is 0 Å². The van der Waals surface area contributed by atoms with Gasteiger partial charge in [-0.2, -0.15) is 5.10 Å². The van der Waals surface area contributed by atoms with Gasteiger partial charge in [0.25, 0.3) is 5.91 Å². The highest BCUT2D eigenvalue weighted by Crippen LogP contribution is 2.10. The minimum absolute atomic E-state index is 0.0337. The number of amides is 1. The Kier molecular flexibility index (Phi) is 4.74. The summed E-state index contributed by atoms with van der Waals surface area (Å²) in [5.41, 5.74) is 1.53. The normalized spacial score (nSPS) is 10.6. The highest BCUT2D eigenvalue weighted by molar-refractivity contribution is 7.09. The molecule has 102 valence electrons. The van der Waals surface area contributed by atoms with Crippen LogP contribution in [0.15, 0.2) is 23.6 Å². The molecule has 0 aliphatic heterocycles. The number of thiophene rings is 1. The van der Waals surface area contributed by atoms with E-state index in [2.05, 4.69) is 27.9 Å². The minimum atomic E-state index is -0.0337. The fraction of sp³-hybridized carbons (Fsp3) is 0.429. The molecule has 0 atom stereocenters. The Bertz CT molecular complexity index is 531. The predicted molar refractivity (Wildman–Crippen MR) is 77.6 cm³/mol. The second-order valence-electron chi connectivity index (χ2n) is 4.43. The Morgan fingerprint density at radius 1 is 1.53 bits per heavy atom. The summed E-state index contributed by atoms with van der Waals surface area (Å²) < 4.78 is 1.74. The van der Waals surface area contributed by atoms with Crippen molar-refractivity contribution >= 4 is 17.2 Å². The predicted octanol–water partition coefficient (Wildman–Crippen LogP) is 2.64. The van der Waals surface area contributed by atoms with Gasteiger partial charge in [0.05, 0.1) is 5.69 Å². The maximum Gasteiger partial charge on any atom is 0.269 e. The second kappa shape index (κ2) is 6.52. The van der Waals surface area contributed by atoms with Crippen LogP contribution in [0.25, 0.3) is 0 Å². The summed E-state index contributed by atoms with van der Waals surface area (Å²) in [5, 5.41) is 9.31. The van der Waals surface area contributed by atoms with Gasteiger partial charge in [-0.3, -0.25) is 9.48 Å². The van der Waals surface area contributed by atoms with Crippen LogP contribution in [0.2, 0.25) is 0 Å². The molecule has 0 aliphatic rings. The standard InChI is InChI=1S/C14H19N3OS/c1-3-17-13(10-11(2)16-17)14(18)15-8-4-6-12-7-5-9-19-12/h5,7,9-10H,3-4,6,8H2,1-2H3,(H,15,18). The molecule has 2 rings (SSSR count). The monoisotopic (exact) mass is 277 g/mol. The number of nitrogens with zero attached hydrogens (tertiary/aromatic N) is 2. The lowest BCUT2D eigenvalue weighted by atomic mass is 10.2. The van der Waals surface area contributed by atoms with E-state index in [1.165, 1.54) is 4.88 Å². The van der Waals surface area contributed by atoms with Crippen molar-refractivity contribution < 1.29 is 4.79 Å². The molecule has 2 aromatic heterocycles. The first-order valence-corrected chi connectivity index (χ1v) is 7.43. The van der Waals surface area contributed by atoms with Crippen molar-refractivity contribution in [2.45, 2.75) is 33.2 Å². The van der Waals surface area contributed by atoms with Crippen molar-refractivity contribution in [1.29, 1.82) is 0 Å². The summed E-state index contributed by atoms with van der Waals surface area (Å²) >= 11 is 1.76. The Balaban J connectivity index is 1.80. The van der Waals surface area contributed by atoms with Crippen LogP contribution in [0, 0.1) is 6.92 Å². The highest BCUT2D eigenvalue weighted by Gasteiger charge is 2.12. The van der Waals surface area contributed by atoms with Crippen LogP contribution >= 0.6 is 11.3 Å². The number of rotatable bonds is 6. The minimum Gasteiger partial charge on any atom is -0.351 e. The van der Waals surface area contributed by atoms with E-state index in [4.69, 9.17) is 0 Å². The van der Waals surface area contributed by atoms with Crippen LogP contribution in [-0.4, -0.2) is 22.2 Å². The molecule has 0 saturated heterocycles. The third-order valence-corrected chi connectivity index (χ3v) is 3.84. The van der Waals surface area contributed by atoms with Gasteiger partial charge < -0.3 is 5.32 Å². The van der Waals surface area contributed by atoms with E-state index >= 15 is 0 Å². The lowest BCUT2D eigenvalue weighted by Gasteiger charge is -2.06. The molecule has 0 aliphatic carbocycles. The molecule has 0 bridgehead atoms. The number of aromatic nitrogens is 2. The zero-order valence-electron chi connectivity index (χ0n) is 11.3. The van der Waals surface area contributed by atoms with Gasteiger partial charge in [0.1, 0.15) is 5.69 Å². The smallest absolute Gasteiger partial charge is 0.269 e. The molecule has 0 aromatic carbocycles. The molecule has 5 heteroatoms. The maximum absolute atomic E-state index is 12.0. The Morgan fingerprint density at radius 2 is 2.37 bits per heavy atom. The fourth-order valence-corrected chi connectivity index (χ4v) is 2.73. The summed E-state index contributed by atoms with van der Waals surface area (Å²) in [6.07, 6.45) is 1.98. The van der Waals surface area contributed by atoms with Crippen LogP contribution < -0.4 is 5.32 Å². The number of aryl methyl sites for hydroxylation is 3. The topological polar surface area (TPSA) is 46.9 Å². The molecule has 2 aromatic rings. The van der Waals surface area contributed by atoms with Gasteiger partial charge in [0.15, 0.2) is 0 Å². The van der Waals surface area contributed by atoms with E-state index in [1.807, 2.05) is 19.9 Å². The summed E-state index contributed by atoms with van der Waals surface area (Å²) in [4.78, 5) is 13.4. The Labute approximate surface area is 117 Å².